The number of anilines is 1. The lowest BCUT2D eigenvalue weighted by atomic mass is 9.87. The second-order valence-corrected chi connectivity index (χ2v) is 8.81. The summed E-state index contributed by atoms with van der Waals surface area (Å²) in [7, 11) is -4.43. The van der Waals surface area contributed by atoms with Crippen LogP contribution in [0.4, 0.5) is 5.69 Å². The molecular formula is C17H19NO4S2. The molecule has 2 aromatic carbocycles. The van der Waals surface area contributed by atoms with E-state index in [2.05, 4.69) is 26.1 Å². The van der Waals surface area contributed by atoms with Crippen LogP contribution in [0.2, 0.25) is 0 Å². The minimum absolute atomic E-state index is 0.0416. The van der Waals surface area contributed by atoms with Gasteiger partial charge in [-0.1, -0.05) is 44.7 Å². The fourth-order valence-corrected chi connectivity index (χ4v) is 3.73. The van der Waals surface area contributed by atoms with E-state index in [0.717, 1.165) is 4.90 Å². The summed E-state index contributed by atoms with van der Waals surface area (Å²) in [6.45, 7) is 6.39. The van der Waals surface area contributed by atoms with Crippen LogP contribution in [-0.4, -0.2) is 19.4 Å². The number of rotatable bonds is 5. The molecule has 0 saturated carbocycles. The first kappa shape index (κ1) is 18.5. The Morgan fingerprint density at radius 1 is 1.04 bits per heavy atom. The molecule has 0 atom stereocenters. The molecule has 2 N–H and O–H groups in total. The van der Waals surface area contributed by atoms with Crippen LogP contribution in [0.1, 0.15) is 26.3 Å². The maximum atomic E-state index is 11.5. The normalized spacial score (nSPS) is 12.0. The average Bonchev–Trinajstić information content (AvgIpc) is 2.47. The van der Waals surface area contributed by atoms with Crippen molar-refractivity contribution < 1.29 is 17.8 Å². The zero-order chi connectivity index (χ0) is 18.0. The van der Waals surface area contributed by atoms with Crippen molar-refractivity contribution in [2.24, 2.45) is 0 Å². The van der Waals surface area contributed by atoms with E-state index in [4.69, 9.17) is 0 Å². The fourth-order valence-electron chi connectivity index (χ4n) is 2.12. The second kappa shape index (κ2) is 6.96. The van der Waals surface area contributed by atoms with Gasteiger partial charge in [-0.05, 0) is 41.3 Å². The van der Waals surface area contributed by atoms with E-state index < -0.39 is 10.1 Å². The molecule has 0 aliphatic heterocycles. The van der Waals surface area contributed by atoms with E-state index >= 15 is 0 Å². The van der Waals surface area contributed by atoms with Gasteiger partial charge in [0.25, 0.3) is 10.1 Å². The molecule has 0 saturated heterocycles. The molecule has 0 fully saturated rings. The first-order valence-electron chi connectivity index (χ1n) is 7.21. The van der Waals surface area contributed by atoms with Gasteiger partial charge >= 0.3 is 0 Å². The van der Waals surface area contributed by atoms with E-state index in [9.17, 15) is 17.8 Å². The Bertz CT molecular complexity index is 838. The Hall–Kier alpha value is -1.83. The summed E-state index contributed by atoms with van der Waals surface area (Å²) in [5, 5.41) is 2.27. The summed E-state index contributed by atoms with van der Waals surface area (Å²) < 4.78 is 32.3. The SMILES string of the molecule is CC(C)(C)c1ccc(Sc2ccc(NC=O)c(S(=O)(=O)O)c2)cc1. The number of carbonyl (C=O) groups excluding carboxylic acids is 1. The van der Waals surface area contributed by atoms with Crippen LogP contribution in [0, 0.1) is 0 Å². The van der Waals surface area contributed by atoms with Crippen molar-refractivity contribution in [1.82, 2.24) is 0 Å². The predicted octanol–water partition coefficient (Wildman–Crippen LogP) is 3.95. The molecule has 0 bridgehead atoms. The summed E-state index contributed by atoms with van der Waals surface area (Å²) in [6.07, 6.45) is 0.363. The van der Waals surface area contributed by atoms with Crippen LogP contribution < -0.4 is 5.32 Å². The molecule has 0 aromatic heterocycles. The number of hydrogen-bond acceptors (Lipinski definition) is 4. The van der Waals surface area contributed by atoms with Crippen LogP contribution in [0.25, 0.3) is 0 Å². The van der Waals surface area contributed by atoms with Gasteiger partial charge in [0, 0.05) is 9.79 Å². The van der Waals surface area contributed by atoms with Crippen LogP contribution in [0.15, 0.2) is 57.2 Å². The van der Waals surface area contributed by atoms with Crippen molar-refractivity contribution in [3.05, 3.63) is 48.0 Å². The Kier molecular flexibility index (Phi) is 5.37. The maximum absolute atomic E-state index is 11.5. The molecule has 0 unspecified atom stereocenters. The first-order valence-corrected chi connectivity index (χ1v) is 9.47. The first-order chi connectivity index (χ1) is 11.1. The summed E-state index contributed by atoms with van der Waals surface area (Å²) in [5.74, 6) is 0. The summed E-state index contributed by atoms with van der Waals surface area (Å²) in [4.78, 5) is 11.8. The number of benzene rings is 2. The third-order valence-corrected chi connectivity index (χ3v) is 5.29. The zero-order valence-corrected chi connectivity index (χ0v) is 15.2. The van der Waals surface area contributed by atoms with Crippen molar-refractivity contribution in [2.75, 3.05) is 5.32 Å². The molecule has 0 spiro atoms. The maximum Gasteiger partial charge on any atom is 0.296 e. The molecule has 5 nitrogen and oxygen atoms in total. The third kappa shape index (κ3) is 4.59. The zero-order valence-electron chi connectivity index (χ0n) is 13.6. The molecule has 0 radical (unpaired) electrons. The van der Waals surface area contributed by atoms with E-state index in [-0.39, 0.29) is 16.0 Å². The Labute approximate surface area is 146 Å². The summed E-state index contributed by atoms with van der Waals surface area (Å²) >= 11 is 1.37. The lowest BCUT2D eigenvalue weighted by Crippen LogP contribution is -2.10. The summed E-state index contributed by atoms with van der Waals surface area (Å²) in [6, 6.07) is 12.5. The minimum atomic E-state index is -4.43. The largest absolute Gasteiger partial charge is 0.327 e. The van der Waals surface area contributed by atoms with E-state index in [1.807, 2.05) is 24.3 Å². The highest BCUT2D eigenvalue weighted by Gasteiger charge is 2.17. The molecule has 2 rings (SSSR count). The van der Waals surface area contributed by atoms with E-state index in [1.54, 1.807) is 6.07 Å². The third-order valence-electron chi connectivity index (χ3n) is 3.40. The quantitative estimate of drug-likeness (QED) is 0.619. The highest BCUT2D eigenvalue weighted by molar-refractivity contribution is 7.99. The Morgan fingerprint density at radius 2 is 1.62 bits per heavy atom. The van der Waals surface area contributed by atoms with E-state index in [1.165, 1.54) is 29.5 Å². The van der Waals surface area contributed by atoms with Crippen LogP contribution in [0.3, 0.4) is 0 Å². The lowest BCUT2D eigenvalue weighted by molar-refractivity contribution is -0.105. The molecule has 0 heterocycles. The molecular weight excluding hydrogens is 346 g/mol. The van der Waals surface area contributed by atoms with Gasteiger partial charge in [-0.2, -0.15) is 8.42 Å². The number of amides is 1. The molecule has 0 aliphatic rings. The van der Waals surface area contributed by atoms with Crippen LogP contribution >= 0.6 is 11.8 Å². The molecule has 2 aromatic rings. The van der Waals surface area contributed by atoms with Gasteiger partial charge in [0.1, 0.15) is 4.90 Å². The van der Waals surface area contributed by atoms with E-state index in [0.29, 0.717) is 11.3 Å². The smallest absolute Gasteiger partial charge is 0.296 e. The van der Waals surface area contributed by atoms with Crippen molar-refractivity contribution >= 4 is 34.0 Å². The second-order valence-electron chi connectivity index (χ2n) is 6.27. The van der Waals surface area contributed by atoms with Gasteiger partial charge in [-0.25, -0.2) is 0 Å². The molecule has 0 aliphatic carbocycles. The van der Waals surface area contributed by atoms with Gasteiger partial charge in [0.2, 0.25) is 6.41 Å². The fraction of sp³-hybridized carbons (Fsp3) is 0.235. The monoisotopic (exact) mass is 365 g/mol. The number of hydrogen-bond donors (Lipinski definition) is 2. The number of nitrogens with one attached hydrogen (secondary N) is 1. The summed E-state index contributed by atoms with van der Waals surface area (Å²) in [5.41, 5.74) is 1.31. The van der Waals surface area contributed by atoms with Gasteiger partial charge < -0.3 is 5.32 Å². The Morgan fingerprint density at radius 3 is 2.12 bits per heavy atom. The van der Waals surface area contributed by atoms with Crippen LogP contribution in [-0.2, 0) is 20.3 Å². The standard InChI is InChI=1S/C17H19NO4S2/c1-17(2,3)12-4-6-13(7-5-12)23-14-8-9-15(18-11-19)16(10-14)24(20,21)22/h4-11H,1-3H3,(H,18,19)(H,20,21,22). The van der Waals surface area contributed by atoms with Crippen molar-refractivity contribution in [3.63, 3.8) is 0 Å². The van der Waals surface area contributed by atoms with Crippen molar-refractivity contribution in [3.8, 4) is 0 Å². The molecule has 7 heteroatoms. The highest BCUT2D eigenvalue weighted by Crippen LogP contribution is 2.33. The Balaban J connectivity index is 2.32. The van der Waals surface area contributed by atoms with Crippen molar-refractivity contribution in [1.29, 1.82) is 0 Å². The van der Waals surface area contributed by atoms with Gasteiger partial charge in [0.15, 0.2) is 0 Å². The van der Waals surface area contributed by atoms with Gasteiger partial charge in [-0.15, -0.1) is 0 Å². The topological polar surface area (TPSA) is 83.5 Å². The minimum Gasteiger partial charge on any atom is -0.327 e. The van der Waals surface area contributed by atoms with Gasteiger partial charge in [-0.3, -0.25) is 9.35 Å². The molecule has 24 heavy (non-hydrogen) atoms. The van der Waals surface area contributed by atoms with Crippen molar-refractivity contribution in [2.45, 2.75) is 40.9 Å². The highest BCUT2D eigenvalue weighted by atomic mass is 32.2. The number of carbonyl (C=O) groups is 1. The van der Waals surface area contributed by atoms with Crippen LogP contribution in [0.5, 0.6) is 0 Å². The predicted molar refractivity (Wildman–Crippen MR) is 95.2 cm³/mol. The van der Waals surface area contributed by atoms with Gasteiger partial charge in [0.05, 0.1) is 5.69 Å². The molecule has 1 amide bonds. The molecule has 128 valence electrons. The average molecular weight is 365 g/mol. The lowest BCUT2D eigenvalue weighted by Gasteiger charge is -2.19.